The minimum Gasteiger partial charge on any atom is -0.367 e. The Balaban J connectivity index is 1.85. The highest BCUT2D eigenvalue weighted by Crippen LogP contribution is 2.48. The average molecular weight is 279 g/mol. The molecule has 0 saturated heterocycles. The van der Waals surface area contributed by atoms with Gasteiger partial charge in [0.05, 0.1) is 5.54 Å². The molecule has 1 heterocycles. The van der Waals surface area contributed by atoms with Crippen LogP contribution in [0.15, 0.2) is 4.52 Å². The second kappa shape index (κ2) is 4.53. The van der Waals surface area contributed by atoms with E-state index in [0.29, 0.717) is 23.7 Å². The second-order valence-electron chi connectivity index (χ2n) is 7.17. The Hall–Kier alpha value is -0.940. The van der Waals surface area contributed by atoms with Crippen molar-refractivity contribution in [3.63, 3.8) is 0 Å². The summed E-state index contributed by atoms with van der Waals surface area (Å²) in [7, 11) is 0. The van der Waals surface area contributed by atoms with Gasteiger partial charge < -0.3 is 15.0 Å². The number of nitrogens with two attached hydrogens (primary N) is 1. The molecule has 2 aliphatic carbocycles. The molecule has 5 nitrogen and oxygen atoms in total. The van der Waals surface area contributed by atoms with Crippen LogP contribution in [-0.2, 0) is 15.9 Å². The van der Waals surface area contributed by atoms with E-state index in [1.165, 1.54) is 0 Å². The molecule has 0 radical (unpaired) electrons. The Labute approximate surface area is 120 Å². The first kappa shape index (κ1) is 14.0. The van der Waals surface area contributed by atoms with Gasteiger partial charge in [0.15, 0.2) is 0 Å². The molecule has 0 aliphatic heterocycles. The molecule has 1 aromatic rings. The first-order valence-corrected chi connectivity index (χ1v) is 7.67. The van der Waals surface area contributed by atoms with Crippen molar-refractivity contribution in [3.05, 3.63) is 11.7 Å². The quantitative estimate of drug-likeness (QED) is 0.917. The summed E-state index contributed by atoms with van der Waals surface area (Å²) in [6, 6.07) is 0. The van der Waals surface area contributed by atoms with Gasteiger partial charge >= 0.3 is 0 Å². The van der Waals surface area contributed by atoms with Crippen molar-refractivity contribution in [1.82, 2.24) is 10.1 Å². The zero-order valence-corrected chi connectivity index (χ0v) is 12.7. The molecule has 112 valence electrons. The number of ether oxygens (including phenoxy) is 1. The molecule has 0 amide bonds. The first-order chi connectivity index (χ1) is 9.39. The maximum atomic E-state index is 6.13. The van der Waals surface area contributed by atoms with E-state index in [4.69, 9.17) is 15.0 Å². The number of rotatable bonds is 4. The fraction of sp³-hybridized carbons (Fsp3) is 0.867. The number of aromatic nitrogens is 2. The van der Waals surface area contributed by atoms with Gasteiger partial charge in [-0.15, -0.1) is 0 Å². The van der Waals surface area contributed by atoms with E-state index < -0.39 is 0 Å². The molecule has 0 bridgehead atoms. The molecule has 2 saturated carbocycles. The Kier molecular flexibility index (Phi) is 3.18. The van der Waals surface area contributed by atoms with E-state index in [1.54, 1.807) is 0 Å². The van der Waals surface area contributed by atoms with Gasteiger partial charge in [-0.25, -0.2) is 0 Å². The monoisotopic (exact) mass is 279 g/mol. The van der Waals surface area contributed by atoms with E-state index in [-0.39, 0.29) is 11.1 Å². The Morgan fingerprint density at radius 2 is 1.80 bits per heavy atom. The van der Waals surface area contributed by atoms with Crippen LogP contribution >= 0.6 is 0 Å². The molecule has 0 atom stereocenters. The van der Waals surface area contributed by atoms with Crippen molar-refractivity contribution in [2.75, 3.05) is 6.61 Å². The van der Waals surface area contributed by atoms with Gasteiger partial charge in [0, 0.05) is 6.61 Å². The second-order valence-corrected chi connectivity index (χ2v) is 7.17. The van der Waals surface area contributed by atoms with Gasteiger partial charge in [-0.2, -0.15) is 4.98 Å². The topological polar surface area (TPSA) is 74.2 Å². The molecule has 3 rings (SSSR count). The normalized spacial score (nSPS) is 26.4. The lowest BCUT2D eigenvalue weighted by atomic mass is 9.70. The lowest BCUT2D eigenvalue weighted by Gasteiger charge is -2.41. The lowest BCUT2D eigenvalue weighted by molar-refractivity contribution is -0.0957. The van der Waals surface area contributed by atoms with E-state index >= 15 is 0 Å². The third kappa shape index (κ3) is 2.37. The van der Waals surface area contributed by atoms with Crippen LogP contribution in [0.25, 0.3) is 0 Å². The summed E-state index contributed by atoms with van der Waals surface area (Å²) < 4.78 is 11.5. The molecule has 2 N–H and O–H groups in total. The van der Waals surface area contributed by atoms with Crippen molar-refractivity contribution >= 4 is 0 Å². The largest absolute Gasteiger partial charge is 0.367 e. The van der Waals surface area contributed by atoms with Crippen LogP contribution in [0.4, 0.5) is 0 Å². The molecule has 0 aromatic carbocycles. The van der Waals surface area contributed by atoms with Crippen molar-refractivity contribution in [1.29, 1.82) is 0 Å². The Morgan fingerprint density at radius 1 is 1.15 bits per heavy atom. The van der Waals surface area contributed by atoms with Gasteiger partial charge in [-0.05, 0) is 50.9 Å². The van der Waals surface area contributed by atoms with Crippen molar-refractivity contribution in [2.45, 2.75) is 70.4 Å². The highest BCUT2D eigenvalue weighted by molar-refractivity contribution is 5.14. The maximum Gasteiger partial charge on any atom is 0.246 e. The summed E-state index contributed by atoms with van der Waals surface area (Å²) in [5, 5.41) is 4.19. The molecule has 0 spiro atoms. The predicted molar refractivity (Wildman–Crippen MR) is 75.0 cm³/mol. The predicted octanol–water partition coefficient (Wildman–Crippen LogP) is 2.85. The highest BCUT2D eigenvalue weighted by Gasteiger charge is 2.49. The maximum absolute atomic E-state index is 6.13. The van der Waals surface area contributed by atoms with Crippen LogP contribution in [0.1, 0.15) is 71.0 Å². The number of hydrogen-bond acceptors (Lipinski definition) is 5. The summed E-state index contributed by atoms with van der Waals surface area (Å²) in [5.74, 6) is 1.28. The zero-order chi connectivity index (χ0) is 14.4. The van der Waals surface area contributed by atoms with Crippen molar-refractivity contribution in [3.8, 4) is 0 Å². The Morgan fingerprint density at radius 3 is 2.35 bits per heavy atom. The summed E-state index contributed by atoms with van der Waals surface area (Å²) in [6.07, 6.45) is 6.00. The van der Waals surface area contributed by atoms with Gasteiger partial charge in [0.1, 0.15) is 5.60 Å². The van der Waals surface area contributed by atoms with Crippen LogP contribution in [-0.4, -0.2) is 16.7 Å². The van der Waals surface area contributed by atoms with E-state index in [9.17, 15) is 0 Å². The van der Waals surface area contributed by atoms with Crippen LogP contribution in [0.2, 0.25) is 0 Å². The molecule has 1 aromatic heterocycles. The molecule has 2 fully saturated rings. The standard InChI is InChI=1S/C15H25N3O2/c1-4-19-15(9-5-13(2,3)6-10-15)11-17-12(20-18-11)14(16)7-8-14/h4-10,16H2,1-3H3. The van der Waals surface area contributed by atoms with Gasteiger partial charge in [-0.3, -0.25) is 0 Å². The molecule has 20 heavy (non-hydrogen) atoms. The highest BCUT2D eigenvalue weighted by atomic mass is 16.5. The minimum atomic E-state index is -0.378. The van der Waals surface area contributed by atoms with E-state index in [2.05, 4.69) is 24.0 Å². The average Bonchev–Trinajstić information content (AvgIpc) is 2.95. The van der Waals surface area contributed by atoms with Crippen molar-refractivity contribution < 1.29 is 9.26 Å². The first-order valence-electron chi connectivity index (χ1n) is 7.67. The SMILES string of the molecule is CCOC1(c2noc(C3(N)CC3)n2)CCC(C)(C)CC1. The Bertz CT molecular complexity index is 481. The summed E-state index contributed by atoms with van der Waals surface area (Å²) in [5.41, 5.74) is 5.76. The van der Waals surface area contributed by atoms with Gasteiger partial charge in [-0.1, -0.05) is 19.0 Å². The molecule has 0 unspecified atom stereocenters. The molecular formula is C15H25N3O2. The number of nitrogens with zero attached hydrogens (tertiary/aromatic N) is 2. The van der Waals surface area contributed by atoms with Gasteiger partial charge in [0.2, 0.25) is 11.7 Å². The summed E-state index contributed by atoms with van der Waals surface area (Å²) in [4.78, 5) is 4.58. The van der Waals surface area contributed by atoms with Crippen molar-refractivity contribution in [2.24, 2.45) is 11.1 Å². The third-order valence-corrected chi connectivity index (χ3v) is 4.88. The van der Waals surface area contributed by atoms with E-state index in [1.807, 2.05) is 6.92 Å². The van der Waals surface area contributed by atoms with E-state index in [0.717, 1.165) is 38.5 Å². The van der Waals surface area contributed by atoms with Crippen LogP contribution in [0, 0.1) is 5.41 Å². The molecule has 5 heteroatoms. The fourth-order valence-corrected chi connectivity index (χ4v) is 3.00. The third-order valence-electron chi connectivity index (χ3n) is 4.88. The smallest absolute Gasteiger partial charge is 0.246 e. The van der Waals surface area contributed by atoms with Gasteiger partial charge in [0.25, 0.3) is 0 Å². The van der Waals surface area contributed by atoms with Crippen LogP contribution in [0.3, 0.4) is 0 Å². The number of hydrogen-bond donors (Lipinski definition) is 1. The van der Waals surface area contributed by atoms with Crippen LogP contribution < -0.4 is 5.73 Å². The zero-order valence-electron chi connectivity index (χ0n) is 12.7. The minimum absolute atomic E-state index is 0.368. The molecular weight excluding hydrogens is 254 g/mol. The summed E-state index contributed by atoms with van der Waals surface area (Å²) in [6.45, 7) is 7.30. The lowest BCUT2D eigenvalue weighted by Crippen LogP contribution is -2.38. The summed E-state index contributed by atoms with van der Waals surface area (Å²) >= 11 is 0. The fourth-order valence-electron chi connectivity index (χ4n) is 3.00. The van der Waals surface area contributed by atoms with Crippen LogP contribution in [0.5, 0.6) is 0 Å². The molecule has 2 aliphatic rings.